The number of imidazole rings is 1. The summed E-state index contributed by atoms with van der Waals surface area (Å²) >= 11 is 0. The molecule has 33 heavy (non-hydrogen) atoms. The summed E-state index contributed by atoms with van der Waals surface area (Å²) in [6, 6.07) is 10.5. The standard InChI is InChI=1S/C25H36N4O4/c1-26-32-25(33-27-2,18-24(30)31)14-13-22(21-11-7-4-8-12-21)23(29-16-15-28-19-29)17-20-9-5-3-6-10-20/h3,5-6,9-10,13,15-16,19,21,23,26-27H,4,7-8,11-12,14,17-18H2,1-2H3,(H,30,31)/b22-13-. The highest BCUT2D eigenvalue weighted by Crippen LogP contribution is 2.38. The molecule has 2 aromatic rings. The molecule has 1 aromatic heterocycles. The molecule has 8 nitrogen and oxygen atoms in total. The Balaban J connectivity index is 2.00. The topological polar surface area (TPSA) is 97.6 Å². The molecule has 1 saturated carbocycles. The first-order chi connectivity index (χ1) is 16.1. The molecule has 0 aliphatic heterocycles. The van der Waals surface area contributed by atoms with Crippen LogP contribution in [0.4, 0.5) is 0 Å². The summed E-state index contributed by atoms with van der Waals surface area (Å²) < 4.78 is 2.16. The predicted octanol–water partition coefficient (Wildman–Crippen LogP) is 4.04. The third-order valence-corrected chi connectivity index (χ3v) is 6.26. The lowest BCUT2D eigenvalue weighted by Crippen LogP contribution is -2.44. The van der Waals surface area contributed by atoms with Gasteiger partial charge in [-0.3, -0.25) is 14.5 Å². The molecule has 0 bridgehead atoms. The largest absolute Gasteiger partial charge is 0.481 e. The van der Waals surface area contributed by atoms with Crippen LogP contribution in [0.3, 0.4) is 0 Å². The normalized spacial score (nSPS) is 16.6. The fourth-order valence-corrected chi connectivity index (χ4v) is 4.82. The molecule has 3 N–H and O–H groups in total. The molecule has 1 atom stereocenters. The molecule has 1 unspecified atom stereocenters. The molecular formula is C25H36N4O4. The molecule has 0 spiro atoms. The van der Waals surface area contributed by atoms with E-state index in [2.05, 4.69) is 50.9 Å². The average Bonchev–Trinajstić information content (AvgIpc) is 3.34. The lowest BCUT2D eigenvalue weighted by molar-refractivity contribution is -0.288. The van der Waals surface area contributed by atoms with Crippen molar-refractivity contribution in [3.05, 3.63) is 66.3 Å². The van der Waals surface area contributed by atoms with E-state index in [1.807, 2.05) is 18.6 Å². The number of hydrogen-bond acceptors (Lipinski definition) is 6. The molecule has 1 aromatic carbocycles. The van der Waals surface area contributed by atoms with Gasteiger partial charge in [0.15, 0.2) is 0 Å². The maximum Gasteiger partial charge on any atom is 0.308 e. The van der Waals surface area contributed by atoms with Gasteiger partial charge in [0.05, 0.1) is 12.4 Å². The number of nitrogens with one attached hydrogen (secondary N) is 2. The maximum absolute atomic E-state index is 11.6. The van der Waals surface area contributed by atoms with Gasteiger partial charge in [-0.1, -0.05) is 55.7 Å². The van der Waals surface area contributed by atoms with Gasteiger partial charge in [0.25, 0.3) is 0 Å². The van der Waals surface area contributed by atoms with E-state index < -0.39 is 11.8 Å². The van der Waals surface area contributed by atoms with Gasteiger partial charge in [-0.25, -0.2) is 15.9 Å². The number of carboxylic acid groups (broad SMARTS) is 1. The first-order valence-corrected chi connectivity index (χ1v) is 11.7. The van der Waals surface area contributed by atoms with Crippen molar-refractivity contribution in [1.29, 1.82) is 0 Å². The van der Waals surface area contributed by atoms with Gasteiger partial charge in [0, 0.05) is 32.9 Å². The van der Waals surface area contributed by atoms with Crippen molar-refractivity contribution in [3.63, 3.8) is 0 Å². The lowest BCUT2D eigenvalue weighted by atomic mass is 9.78. The highest BCUT2D eigenvalue weighted by molar-refractivity contribution is 5.67. The number of hydrogen-bond donors (Lipinski definition) is 3. The lowest BCUT2D eigenvalue weighted by Gasteiger charge is -2.34. The van der Waals surface area contributed by atoms with Crippen LogP contribution >= 0.6 is 0 Å². The Morgan fingerprint density at radius 2 is 1.91 bits per heavy atom. The Morgan fingerprint density at radius 3 is 2.48 bits per heavy atom. The maximum atomic E-state index is 11.6. The number of benzene rings is 1. The van der Waals surface area contributed by atoms with Crippen molar-refractivity contribution < 1.29 is 19.6 Å². The second-order valence-corrected chi connectivity index (χ2v) is 8.55. The quantitative estimate of drug-likeness (QED) is 0.238. The van der Waals surface area contributed by atoms with Gasteiger partial charge in [-0.05, 0) is 36.3 Å². The molecule has 0 amide bonds. The fourth-order valence-electron chi connectivity index (χ4n) is 4.82. The van der Waals surface area contributed by atoms with Crippen molar-refractivity contribution in [2.45, 2.75) is 63.2 Å². The minimum atomic E-state index is -1.37. The predicted molar refractivity (Wildman–Crippen MR) is 126 cm³/mol. The van der Waals surface area contributed by atoms with E-state index in [0.717, 1.165) is 19.3 Å². The second-order valence-electron chi connectivity index (χ2n) is 8.55. The zero-order valence-electron chi connectivity index (χ0n) is 19.6. The molecular weight excluding hydrogens is 420 g/mol. The summed E-state index contributed by atoms with van der Waals surface area (Å²) in [6.45, 7) is 0. The Hall–Kier alpha value is -2.52. The van der Waals surface area contributed by atoms with Crippen LogP contribution in [-0.4, -0.2) is 40.5 Å². The van der Waals surface area contributed by atoms with E-state index in [1.165, 1.54) is 30.4 Å². The highest BCUT2D eigenvalue weighted by Gasteiger charge is 2.36. The van der Waals surface area contributed by atoms with E-state index in [4.69, 9.17) is 9.68 Å². The summed E-state index contributed by atoms with van der Waals surface area (Å²) in [5.41, 5.74) is 7.78. The number of carbonyl (C=O) groups is 1. The minimum Gasteiger partial charge on any atom is -0.481 e. The first-order valence-electron chi connectivity index (χ1n) is 11.7. The smallest absolute Gasteiger partial charge is 0.308 e. The first kappa shape index (κ1) is 25.1. The molecule has 0 radical (unpaired) electrons. The zero-order chi connectivity index (χ0) is 23.5. The summed E-state index contributed by atoms with van der Waals surface area (Å²) in [7, 11) is 3.20. The minimum absolute atomic E-state index is 0.0738. The zero-order valence-corrected chi connectivity index (χ0v) is 19.6. The van der Waals surface area contributed by atoms with Crippen LogP contribution in [0.15, 0.2) is 60.7 Å². The number of carboxylic acids is 1. The summed E-state index contributed by atoms with van der Waals surface area (Å²) in [5.74, 6) is -1.95. The van der Waals surface area contributed by atoms with Crippen LogP contribution in [0.5, 0.6) is 0 Å². The van der Waals surface area contributed by atoms with E-state index in [0.29, 0.717) is 5.92 Å². The van der Waals surface area contributed by atoms with E-state index in [-0.39, 0.29) is 18.9 Å². The van der Waals surface area contributed by atoms with E-state index in [9.17, 15) is 9.90 Å². The highest BCUT2D eigenvalue weighted by atomic mass is 16.8. The Labute approximate surface area is 195 Å². The number of hydroxylamine groups is 2. The average molecular weight is 457 g/mol. The number of allylic oxidation sites excluding steroid dienone is 1. The van der Waals surface area contributed by atoms with Crippen LogP contribution in [0.2, 0.25) is 0 Å². The van der Waals surface area contributed by atoms with Gasteiger partial charge in [-0.15, -0.1) is 0 Å². The third-order valence-electron chi connectivity index (χ3n) is 6.26. The second kappa shape index (κ2) is 12.6. The molecule has 1 fully saturated rings. The molecule has 8 heteroatoms. The van der Waals surface area contributed by atoms with Crippen LogP contribution in [0.25, 0.3) is 0 Å². The van der Waals surface area contributed by atoms with Gasteiger partial charge in [0.1, 0.15) is 6.42 Å². The summed E-state index contributed by atoms with van der Waals surface area (Å²) in [4.78, 5) is 27.2. The van der Waals surface area contributed by atoms with Crippen LogP contribution in [0.1, 0.15) is 56.6 Å². The Kier molecular flexibility index (Phi) is 9.62. The summed E-state index contributed by atoms with van der Waals surface area (Å²) in [5, 5.41) is 9.52. The number of nitrogens with zero attached hydrogens (tertiary/aromatic N) is 2. The van der Waals surface area contributed by atoms with Crippen molar-refractivity contribution >= 4 is 5.97 Å². The van der Waals surface area contributed by atoms with Gasteiger partial charge < -0.3 is 9.67 Å². The van der Waals surface area contributed by atoms with Gasteiger partial charge in [0.2, 0.25) is 5.79 Å². The van der Waals surface area contributed by atoms with Crippen molar-refractivity contribution in [3.8, 4) is 0 Å². The molecule has 0 saturated heterocycles. The SMILES string of the molecule is CNOC(C/C=C(/C1CCCCC1)C(Cc1ccccc1)n1ccnc1)(CC(=O)O)ONC. The van der Waals surface area contributed by atoms with Crippen LogP contribution in [0, 0.1) is 5.92 Å². The molecule has 180 valence electrons. The van der Waals surface area contributed by atoms with Gasteiger partial charge >= 0.3 is 5.97 Å². The monoisotopic (exact) mass is 456 g/mol. The Bertz CT molecular complexity index is 858. The van der Waals surface area contributed by atoms with E-state index in [1.54, 1.807) is 20.3 Å². The number of aliphatic carboxylic acids is 1. The van der Waals surface area contributed by atoms with Crippen molar-refractivity contribution in [2.75, 3.05) is 14.1 Å². The number of aromatic nitrogens is 2. The molecule has 1 aliphatic carbocycles. The fraction of sp³-hybridized carbons (Fsp3) is 0.520. The van der Waals surface area contributed by atoms with E-state index >= 15 is 0 Å². The summed E-state index contributed by atoms with van der Waals surface area (Å²) in [6.07, 6.45) is 14.5. The Morgan fingerprint density at radius 1 is 1.21 bits per heavy atom. The van der Waals surface area contributed by atoms with Crippen LogP contribution in [-0.2, 0) is 20.9 Å². The van der Waals surface area contributed by atoms with Crippen LogP contribution < -0.4 is 11.0 Å². The molecule has 1 aliphatic rings. The molecule has 3 rings (SSSR count). The van der Waals surface area contributed by atoms with Crippen molar-refractivity contribution in [1.82, 2.24) is 20.5 Å². The van der Waals surface area contributed by atoms with Crippen molar-refractivity contribution in [2.24, 2.45) is 5.92 Å². The molecule has 1 heterocycles. The number of rotatable bonds is 13. The van der Waals surface area contributed by atoms with Gasteiger partial charge in [-0.2, -0.15) is 0 Å². The third kappa shape index (κ3) is 7.23.